The topological polar surface area (TPSA) is 111 Å². The molecule has 0 unspecified atom stereocenters. The zero-order valence-electron chi connectivity index (χ0n) is 14.9. The molecule has 0 aliphatic heterocycles. The lowest BCUT2D eigenvalue weighted by Gasteiger charge is -2.10. The van der Waals surface area contributed by atoms with E-state index in [0.29, 0.717) is 17.1 Å². The van der Waals surface area contributed by atoms with Gasteiger partial charge in [0.05, 0.1) is 15.7 Å². The molecule has 0 bridgehead atoms. The molecule has 2 aromatic carbocycles. The van der Waals surface area contributed by atoms with Crippen LogP contribution in [0.1, 0.15) is 12.5 Å². The van der Waals surface area contributed by atoms with Gasteiger partial charge in [0, 0.05) is 21.8 Å². The quantitative estimate of drug-likeness (QED) is 0.317. The van der Waals surface area contributed by atoms with Crippen molar-refractivity contribution in [1.82, 2.24) is 10.2 Å². The Balaban J connectivity index is 1.68. The van der Waals surface area contributed by atoms with Crippen molar-refractivity contribution in [2.45, 2.75) is 24.3 Å². The zero-order chi connectivity index (χ0) is 20.3. The van der Waals surface area contributed by atoms with E-state index in [1.54, 1.807) is 26.0 Å². The minimum Gasteiger partial charge on any atom is -0.411 e. The maximum atomic E-state index is 12.4. The first-order valence-corrected chi connectivity index (χ1v) is 9.83. The zero-order valence-corrected chi connectivity index (χ0v) is 17.3. The number of nitro benzene ring substituents is 1. The van der Waals surface area contributed by atoms with Crippen LogP contribution in [0.2, 0.25) is 0 Å². The highest BCUT2D eigenvalue weighted by atomic mass is 79.9. The molecule has 1 amide bonds. The van der Waals surface area contributed by atoms with Crippen LogP contribution in [-0.2, 0) is 4.79 Å². The smallest absolute Gasteiger partial charge is 0.277 e. The summed E-state index contributed by atoms with van der Waals surface area (Å²) in [4.78, 5) is 23.0. The number of carbonyl (C=O) groups is 1. The van der Waals surface area contributed by atoms with E-state index in [-0.39, 0.29) is 16.8 Å². The van der Waals surface area contributed by atoms with Crippen LogP contribution >= 0.6 is 27.7 Å². The molecule has 28 heavy (non-hydrogen) atoms. The van der Waals surface area contributed by atoms with Crippen LogP contribution in [0.3, 0.4) is 0 Å². The summed E-state index contributed by atoms with van der Waals surface area (Å²) in [7, 11) is 0. The number of benzene rings is 2. The predicted molar refractivity (Wildman–Crippen MR) is 109 cm³/mol. The summed E-state index contributed by atoms with van der Waals surface area (Å²) in [6, 6.07) is 12.0. The molecule has 1 heterocycles. The van der Waals surface area contributed by atoms with Gasteiger partial charge in [-0.15, -0.1) is 10.2 Å². The van der Waals surface area contributed by atoms with Crippen molar-refractivity contribution in [3.05, 3.63) is 62.6 Å². The molecule has 0 fully saturated rings. The Hall–Kier alpha value is -2.72. The second kappa shape index (κ2) is 8.53. The highest BCUT2D eigenvalue weighted by Gasteiger charge is 2.20. The Bertz CT molecular complexity index is 1040. The average Bonchev–Trinajstić information content (AvgIpc) is 3.11. The summed E-state index contributed by atoms with van der Waals surface area (Å²) in [5, 5.41) is 21.4. The number of hydrogen-bond acceptors (Lipinski definition) is 7. The molecule has 3 rings (SSSR count). The van der Waals surface area contributed by atoms with Crippen molar-refractivity contribution < 1.29 is 14.1 Å². The van der Waals surface area contributed by atoms with Crippen LogP contribution < -0.4 is 5.32 Å². The number of anilines is 1. The molecule has 0 saturated carbocycles. The van der Waals surface area contributed by atoms with Gasteiger partial charge >= 0.3 is 0 Å². The van der Waals surface area contributed by atoms with Gasteiger partial charge in [-0.25, -0.2) is 0 Å². The first-order chi connectivity index (χ1) is 13.3. The number of amides is 1. The monoisotopic (exact) mass is 462 g/mol. The van der Waals surface area contributed by atoms with Gasteiger partial charge in [0.1, 0.15) is 0 Å². The Kier molecular flexibility index (Phi) is 6.10. The maximum Gasteiger partial charge on any atom is 0.277 e. The second-order valence-electron chi connectivity index (χ2n) is 5.86. The van der Waals surface area contributed by atoms with Gasteiger partial charge in [0.15, 0.2) is 0 Å². The van der Waals surface area contributed by atoms with Gasteiger partial charge in [0.2, 0.25) is 11.8 Å². The number of nitro groups is 1. The summed E-state index contributed by atoms with van der Waals surface area (Å²) in [6.45, 7) is 3.32. The van der Waals surface area contributed by atoms with Gasteiger partial charge in [-0.2, -0.15) is 0 Å². The van der Waals surface area contributed by atoms with Crippen molar-refractivity contribution in [3.8, 4) is 11.5 Å². The molecule has 0 aliphatic carbocycles. The van der Waals surface area contributed by atoms with Gasteiger partial charge < -0.3 is 9.73 Å². The number of rotatable bonds is 6. The Morgan fingerprint density at radius 3 is 2.75 bits per heavy atom. The maximum absolute atomic E-state index is 12.4. The molecule has 0 radical (unpaired) electrons. The minimum absolute atomic E-state index is 0.0481. The average molecular weight is 463 g/mol. The Morgan fingerprint density at radius 1 is 1.29 bits per heavy atom. The number of halogens is 1. The molecule has 144 valence electrons. The number of aromatic nitrogens is 2. The third-order valence-electron chi connectivity index (χ3n) is 3.83. The number of aryl methyl sites for hydroxylation is 1. The van der Waals surface area contributed by atoms with Gasteiger partial charge in [-0.3, -0.25) is 14.9 Å². The molecule has 8 nitrogen and oxygen atoms in total. The van der Waals surface area contributed by atoms with Crippen LogP contribution in [-0.4, -0.2) is 26.3 Å². The van der Waals surface area contributed by atoms with Crippen molar-refractivity contribution in [2.75, 3.05) is 5.32 Å². The number of nitrogens with one attached hydrogen (secondary N) is 1. The van der Waals surface area contributed by atoms with Crippen LogP contribution in [0.5, 0.6) is 0 Å². The Morgan fingerprint density at radius 2 is 2.04 bits per heavy atom. The number of hydrogen-bond donors (Lipinski definition) is 1. The molecule has 0 saturated heterocycles. The van der Waals surface area contributed by atoms with Gasteiger partial charge in [0.25, 0.3) is 10.9 Å². The standard InChI is InChI=1S/C18H15BrN4O4S/c1-10-7-8-12(9-15(10)23(25)26)20-16(24)11(2)28-18-22-21-17(27-18)13-5-3-4-6-14(13)19/h3-9,11H,1-2H3,(H,20,24)/t11-/m1/s1. The fourth-order valence-corrected chi connectivity index (χ4v) is 3.47. The molecule has 1 aromatic heterocycles. The van der Waals surface area contributed by atoms with E-state index in [0.717, 1.165) is 21.8 Å². The number of nitrogens with zero attached hydrogens (tertiary/aromatic N) is 3. The summed E-state index contributed by atoms with van der Waals surface area (Å²) in [5.74, 6) is 0.0144. The van der Waals surface area contributed by atoms with Gasteiger partial charge in [-0.05, 0) is 48.0 Å². The lowest BCUT2D eigenvalue weighted by atomic mass is 10.2. The SMILES string of the molecule is Cc1ccc(NC(=O)[C@@H](C)Sc2nnc(-c3ccccc3Br)o2)cc1[N+](=O)[O-]. The second-order valence-corrected chi connectivity index (χ2v) is 8.01. The molecule has 1 N–H and O–H groups in total. The molecule has 3 aromatic rings. The van der Waals surface area contributed by atoms with Crippen LogP contribution in [0.4, 0.5) is 11.4 Å². The van der Waals surface area contributed by atoms with E-state index in [9.17, 15) is 14.9 Å². The number of carbonyl (C=O) groups excluding carboxylic acids is 1. The third kappa shape index (κ3) is 4.57. The van der Waals surface area contributed by atoms with E-state index >= 15 is 0 Å². The van der Waals surface area contributed by atoms with Crippen molar-refractivity contribution in [1.29, 1.82) is 0 Å². The summed E-state index contributed by atoms with van der Waals surface area (Å²) in [6.07, 6.45) is 0. The number of thioether (sulfide) groups is 1. The fourth-order valence-electron chi connectivity index (χ4n) is 2.33. The lowest BCUT2D eigenvalue weighted by molar-refractivity contribution is -0.385. The summed E-state index contributed by atoms with van der Waals surface area (Å²) in [5.41, 5.74) is 1.59. The lowest BCUT2D eigenvalue weighted by Crippen LogP contribution is -2.22. The van der Waals surface area contributed by atoms with Crippen molar-refractivity contribution >= 4 is 45.0 Å². The van der Waals surface area contributed by atoms with E-state index in [4.69, 9.17) is 4.42 Å². The first kappa shape index (κ1) is 20.0. The van der Waals surface area contributed by atoms with Crippen LogP contribution in [0.15, 0.2) is 56.6 Å². The normalized spacial score (nSPS) is 11.8. The minimum atomic E-state index is -0.548. The third-order valence-corrected chi connectivity index (χ3v) is 5.46. The molecule has 10 heteroatoms. The Labute approximate surface area is 173 Å². The highest BCUT2D eigenvalue weighted by molar-refractivity contribution is 9.10. The first-order valence-electron chi connectivity index (χ1n) is 8.16. The van der Waals surface area contributed by atoms with Gasteiger partial charge in [-0.1, -0.05) is 30.0 Å². The highest BCUT2D eigenvalue weighted by Crippen LogP contribution is 2.31. The summed E-state index contributed by atoms with van der Waals surface area (Å²) >= 11 is 4.53. The summed E-state index contributed by atoms with van der Waals surface area (Å²) < 4.78 is 6.45. The predicted octanol–water partition coefficient (Wildman–Crippen LogP) is 4.84. The fraction of sp³-hybridized carbons (Fsp3) is 0.167. The molecular weight excluding hydrogens is 448 g/mol. The van der Waals surface area contributed by atoms with Crippen molar-refractivity contribution in [2.24, 2.45) is 0 Å². The van der Waals surface area contributed by atoms with Crippen LogP contribution in [0, 0.1) is 17.0 Å². The van der Waals surface area contributed by atoms with Crippen LogP contribution in [0.25, 0.3) is 11.5 Å². The largest absolute Gasteiger partial charge is 0.411 e. The molecule has 0 spiro atoms. The van der Waals surface area contributed by atoms with E-state index in [1.807, 2.05) is 24.3 Å². The molecular formula is C18H15BrN4O4S. The van der Waals surface area contributed by atoms with Crippen molar-refractivity contribution in [3.63, 3.8) is 0 Å². The molecule has 1 atom stereocenters. The van der Waals surface area contributed by atoms with E-state index in [2.05, 4.69) is 31.4 Å². The van der Waals surface area contributed by atoms with E-state index < -0.39 is 10.2 Å². The van der Waals surface area contributed by atoms with E-state index in [1.165, 1.54) is 6.07 Å². The molecule has 0 aliphatic rings.